The third-order valence-electron chi connectivity index (χ3n) is 3.39. The number of anilines is 1. The van der Waals surface area contributed by atoms with E-state index in [1.165, 1.54) is 5.56 Å². The Labute approximate surface area is 130 Å². The van der Waals surface area contributed by atoms with Crippen LogP contribution in [0.25, 0.3) is 0 Å². The molecule has 0 aliphatic rings. The average Bonchev–Trinajstić information content (AvgIpc) is 2.49. The van der Waals surface area contributed by atoms with Crippen molar-refractivity contribution < 1.29 is 4.79 Å². The van der Waals surface area contributed by atoms with Gasteiger partial charge in [-0.25, -0.2) is 0 Å². The fraction of sp³-hybridized carbons (Fsp3) is 0.176. The summed E-state index contributed by atoms with van der Waals surface area (Å²) in [7, 11) is 0. The van der Waals surface area contributed by atoms with E-state index in [4.69, 9.17) is 18.0 Å². The summed E-state index contributed by atoms with van der Waals surface area (Å²) in [5.74, 6) is -0.138. The third kappa shape index (κ3) is 3.67. The predicted molar refractivity (Wildman–Crippen MR) is 90.8 cm³/mol. The number of hydrogen-bond donors (Lipinski definition) is 2. The van der Waals surface area contributed by atoms with Gasteiger partial charge in [-0.05, 0) is 42.7 Å². The van der Waals surface area contributed by atoms with E-state index in [-0.39, 0.29) is 5.91 Å². The molecule has 2 aromatic rings. The van der Waals surface area contributed by atoms with Gasteiger partial charge in [-0.3, -0.25) is 4.79 Å². The van der Waals surface area contributed by atoms with Gasteiger partial charge in [-0.15, -0.1) is 0 Å². The molecule has 108 valence electrons. The number of thiocarbonyl (C=S) groups is 1. The van der Waals surface area contributed by atoms with Gasteiger partial charge in [-0.1, -0.05) is 43.4 Å². The van der Waals surface area contributed by atoms with E-state index >= 15 is 0 Å². The zero-order chi connectivity index (χ0) is 15.4. The zero-order valence-electron chi connectivity index (χ0n) is 12.1. The highest BCUT2D eigenvalue weighted by Gasteiger charge is 2.09. The van der Waals surface area contributed by atoms with Crippen molar-refractivity contribution in [3.8, 4) is 0 Å². The molecule has 0 aliphatic carbocycles. The van der Waals surface area contributed by atoms with Crippen LogP contribution in [0.2, 0.25) is 0 Å². The topological polar surface area (TPSA) is 55.1 Å². The Morgan fingerprint density at radius 3 is 2.33 bits per heavy atom. The van der Waals surface area contributed by atoms with Gasteiger partial charge in [-0.2, -0.15) is 0 Å². The van der Waals surface area contributed by atoms with Gasteiger partial charge in [0, 0.05) is 16.8 Å². The first-order valence-electron chi connectivity index (χ1n) is 6.82. The van der Waals surface area contributed by atoms with Crippen molar-refractivity contribution in [3.05, 3.63) is 64.7 Å². The van der Waals surface area contributed by atoms with E-state index in [9.17, 15) is 4.79 Å². The summed E-state index contributed by atoms with van der Waals surface area (Å²) in [4.78, 5) is 12.6. The van der Waals surface area contributed by atoms with Crippen molar-refractivity contribution in [2.45, 2.75) is 20.3 Å². The van der Waals surface area contributed by atoms with Crippen LogP contribution >= 0.6 is 12.2 Å². The molecule has 2 rings (SSSR count). The summed E-state index contributed by atoms with van der Waals surface area (Å²) in [5, 5.41) is 2.91. The second-order valence-electron chi connectivity index (χ2n) is 4.90. The molecule has 21 heavy (non-hydrogen) atoms. The molecule has 2 aromatic carbocycles. The SMILES string of the molecule is CCc1ccc(C(=O)Nc2cc(C(N)=S)ccc2C)cc1. The maximum absolute atomic E-state index is 12.3. The second-order valence-corrected chi connectivity index (χ2v) is 5.34. The molecule has 0 unspecified atom stereocenters. The summed E-state index contributed by atoms with van der Waals surface area (Å²) < 4.78 is 0. The summed E-state index contributed by atoms with van der Waals surface area (Å²) in [6, 6.07) is 13.1. The zero-order valence-corrected chi connectivity index (χ0v) is 13.0. The minimum atomic E-state index is -0.138. The Hall–Kier alpha value is -2.20. The van der Waals surface area contributed by atoms with Crippen LogP contribution in [0.15, 0.2) is 42.5 Å². The molecule has 0 saturated carbocycles. The standard InChI is InChI=1S/C17H18N2OS/c1-3-12-5-8-13(9-6-12)17(20)19-15-10-14(16(18)21)7-4-11(15)2/h4-10H,3H2,1-2H3,(H2,18,21)(H,19,20). The van der Waals surface area contributed by atoms with Crippen LogP contribution in [0.4, 0.5) is 5.69 Å². The van der Waals surface area contributed by atoms with Gasteiger partial charge in [0.2, 0.25) is 0 Å². The van der Waals surface area contributed by atoms with Crippen molar-refractivity contribution >= 4 is 28.8 Å². The lowest BCUT2D eigenvalue weighted by atomic mass is 10.1. The van der Waals surface area contributed by atoms with Crippen LogP contribution in [0.1, 0.15) is 34.0 Å². The number of rotatable bonds is 4. The number of amides is 1. The molecule has 0 bridgehead atoms. The fourth-order valence-corrected chi connectivity index (χ4v) is 2.12. The minimum absolute atomic E-state index is 0.138. The molecule has 0 spiro atoms. The highest BCUT2D eigenvalue weighted by atomic mass is 32.1. The Morgan fingerprint density at radius 1 is 1.14 bits per heavy atom. The van der Waals surface area contributed by atoms with Crippen LogP contribution in [0, 0.1) is 6.92 Å². The fourth-order valence-electron chi connectivity index (χ4n) is 2.00. The van der Waals surface area contributed by atoms with Crippen molar-refractivity contribution in [2.75, 3.05) is 5.32 Å². The van der Waals surface area contributed by atoms with Crippen LogP contribution in [-0.2, 0) is 6.42 Å². The summed E-state index contributed by atoms with van der Waals surface area (Å²) in [5.41, 5.74) is 9.90. The molecular formula is C17H18N2OS. The number of nitrogens with one attached hydrogen (secondary N) is 1. The van der Waals surface area contributed by atoms with E-state index in [2.05, 4.69) is 12.2 Å². The highest BCUT2D eigenvalue weighted by molar-refractivity contribution is 7.80. The predicted octanol–water partition coefficient (Wildman–Crippen LogP) is 3.44. The third-order valence-corrected chi connectivity index (χ3v) is 3.63. The molecule has 1 amide bonds. The maximum atomic E-state index is 12.3. The first kappa shape index (κ1) is 15.2. The first-order chi connectivity index (χ1) is 10.0. The van der Waals surface area contributed by atoms with E-state index in [0.29, 0.717) is 10.6 Å². The second kappa shape index (κ2) is 6.50. The number of aryl methyl sites for hydroxylation is 2. The smallest absolute Gasteiger partial charge is 0.255 e. The molecule has 0 heterocycles. The van der Waals surface area contributed by atoms with Gasteiger partial charge in [0.05, 0.1) is 0 Å². The molecule has 0 atom stereocenters. The molecule has 0 aromatic heterocycles. The first-order valence-corrected chi connectivity index (χ1v) is 7.23. The number of carbonyl (C=O) groups excluding carboxylic acids is 1. The van der Waals surface area contributed by atoms with Crippen LogP contribution in [-0.4, -0.2) is 10.9 Å². The van der Waals surface area contributed by atoms with Crippen LogP contribution in [0.5, 0.6) is 0 Å². The molecular weight excluding hydrogens is 280 g/mol. The molecule has 0 radical (unpaired) electrons. The van der Waals surface area contributed by atoms with E-state index < -0.39 is 0 Å². The van der Waals surface area contributed by atoms with Crippen molar-refractivity contribution in [2.24, 2.45) is 5.73 Å². The van der Waals surface area contributed by atoms with E-state index in [0.717, 1.165) is 23.2 Å². The Balaban J connectivity index is 2.22. The lowest BCUT2D eigenvalue weighted by Gasteiger charge is -2.10. The Kier molecular flexibility index (Phi) is 4.70. The maximum Gasteiger partial charge on any atom is 0.255 e. The number of hydrogen-bond acceptors (Lipinski definition) is 2. The summed E-state index contributed by atoms with van der Waals surface area (Å²) >= 11 is 4.96. The Bertz CT molecular complexity index is 678. The molecule has 4 heteroatoms. The van der Waals surface area contributed by atoms with Crippen molar-refractivity contribution in [1.29, 1.82) is 0 Å². The molecule has 0 saturated heterocycles. The summed E-state index contributed by atoms with van der Waals surface area (Å²) in [6.07, 6.45) is 0.955. The number of nitrogens with two attached hydrogens (primary N) is 1. The van der Waals surface area contributed by atoms with Crippen molar-refractivity contribution in [3.63, 3.8) is 0 Å². The molecule has 0 fully saturated rings. The van der Waals surface area contributed by atoms with Gasteiger partial charge >= 0.3 is 0 Å². The lowest BCUT2D eigenvalue weighted by molar-refractivity contribution is 0.102. The van der Waals surface area contributed by atoms with Gasteiger partial charge in [0.1, 0.15) is 4.99 Å². The van der Waals surface area contributed by atoms with E-state index in [1.807, 2.05) is 43.3 Å². The van der Waals surface area contributed by atoms with Crippen LogP contribution in [0.3, 0.4) is 0 Å². The molecule has 3 nitrogen and oxygen atoms in total. The quantitative estimate of drug-likeness (QED) is 0.850. The largest absolute Gasteiger partial charge is 0.389 e. The van der Waals surface area contributed by atoms with Gasteiger partial charge in [0.25, 0.3) is 5.91 Å². The Morgan fingerprint density at radius 2 is 1.76 bits per heavy atom. The summed E-state index contributed by atoms with van der Waals surface area (Å²) in [6.45, 7) is 4.01. The number of benzene rings is 2. The van der Waals surface area contributed by atoms with Crippen LogP contribution < -0.4 is 11.1 Å². The molecule has 0 aliphatic heterocycles. The monoisotopic (exact) mass is 298 g/mol. The van der Waals surface area contributed by atoms with Crippen molar-refractivity contribution in [1.82, 2.24) is 0 Å². The lowest BCUT2D eigenvalue weighted by Crippen LogP contribution is -2.15. The van der Waals surface area contributed by atoms with Gasteiger partial charge < -0.3 is 11.1 Å². The average molecular weight is 298 g/mol. The number of carbonyl (C=O) groups is 1. The highest BCUT2D eigenvalue weighted by Crippen LogP contribution is 2.18. The van der Waals surface area contributed by atoms with Gasteiger partial charge in [0.15, 0.2) is 0 Å². The van der Waals surface area contributed by atoms with E-state index in [1.54, 1.807) is 6.07 Å². The normalized spacial score (nSPS) is 10.2. The minimum Gasteiger partial charge on any atom is -0.389 e. The molecule has 3 N–H and O–H groups in total.